The number of hydrogen-bond donors (Lipinski definition) is 0. The van der Waals surface area contributed by atoms with Gasteiger partial charge in [-0.1, -0.05) is 32.0 Å². The van der Waals surface area contributed by atoms with Crippen LogP contribution in [0.15, 0.2) is 24.3 Å². The molecule has 2 rings (SSSR count). The van der Waals surface area contributed by atoms with Crippen molar-refractivity contribution in [3.05, 3.63) is 35.4 Å². The quantitative estimate of drug-likeness (QED) is 0.697. The van der Waals surface area contributed by atoms with Gasteiger partial charge in [-0.2, -0.15) is 0 Å². The molecule has 0 aromatic heterocycles. The molecule has 1 aromatic carbocycles. The Bertz CT molecular complexity index is 351. The molecule has 82 valence electrons. The van der Waals surface area contributed by atoms with Crippen LogP contribution in [0.2, 0.25) is 0 Å². The molecule has 15 heavy (non-hydrogen) atoms. The summed E-state index contributed by atoms with van der Waals surface area (Å²) >= 11 is 0. The minimum Gasteiger partial charge on any atom is -0.201 e. The van der Waals surface area contributed by atoms with Crippen molar-refractivity contribution >= 4 is 0 Å². The van der Waals surface area contributed by atoms with Crippen LogP contribution in [0.4, 0.5) is 8.78 Å². The normalized spacial score (nSPS) is 17.1. The lowest BCUT2D eigenvalue weighted by molar-refractivity contribution is -0.0286. The molecule has 0 saturated heterocycles. The molecule has 0 bridgehead atoms. The summed E-state index contributed by atoms with van der Waals surface area (Å²) in [5, 5.41) is 0. The molecule has 1 fully saturated rings. The average Bonchev–Trinajstić information content (AvgIpc) is 3.01. The van der Waals surface area contributed by atoms with Crippen LogP contribution in [0.1, 0.15) is 43.7 Å². The Morgan fingerprint density at radius 3 is 2.47 bits per heavy atom. The SMILES string of the molecule is CC(C)c1cccc(C(F)(F)C2CC2)c1. The minimum absolute atomic E-state index is 0.191. The number of hydrogen-bond acceptors (Lipinski definition) is 0. The van der Waals surface area contributed by atoms with E-state index in [1.165, 1.54) is 0 Å². The Morgan fingerprint density at radius 2 is 1.93 bits per heavy atom. The van der Waals surface area contributed by atoms with E-state index in [0.717, 1.165) is 5.56 Å². The number of alkyl halides is 2. The van der Waals surface area contributed by atoms with Crippen LogP contribution >= 0.6 is 0 Å². The van der Waals surface area contributed by atoms with Crippen LogP contribution in [-0.2, 0) is 5.92 Å². The van der Waals surface area contributed by atoms with E-state index in [2.05, 4.69) is 0 Å². The number of benzene rings is 1. The standard InChI is InChI=1S/C13H16F2/c1-9(2)10-4-3-5-12(8-10)13(14,15)11-6-7-11/h3-5,8-9,11H,6-7H2,1-2H3. The zero-order chi connectivity index (χ0) is 11.1. The molecule has 1 aliphatic rings. The van der Waals surface area contributed by atoms with Gasteiger partial charge in [0.2, 0.25) is 0 Å². The topological polar surface area (TPSA) is 0 Å². The highest BCUT2D eigenvalue weighted by Crippen LogP contribution is 2.49. The molecular formula is C13H16F2. The maximum atomic E-state index is 13.8. The van der Waals surface area contributed by atoms with E-state index < -0.39 is 11.8 Å². The second kappa shape index (κ2) is 3.58. The third-order valence-electron chi connectivity index (χ3n) is 3.03. The van der Waals surface area contributed by atoms with E-state index in [4.69, 9.17) is 0 Å². The van der Waals surface area contributed by atoms with Crippen LogP contribution in [0.5, 0.6) is 0 Å². The summed E-state index contributed by atoms with van der Waals surface area (Å²) in [5.41, 5.74) is 1.18. The highest BCUT2D eigenvalue weighted by Gasteiger charge is 2.47. The lowest BCUT2D eigenvalue weighted by Gasteiger charge is -2.17. The first-order valence-corrected chi connectivity index (χ1v) is 5.50. The zero-order valence-electron chi connectivity index (χ0n) is 9.13. The van der Waals surface area contributed by atoms with Gasteiger partial charge in [-0.3, -0.25) is 0 Å². The molecular weight excluding hydrogens is 194 g/mol. The van der Waals surface area contributed by atoms with Gasteiger partial charge in [0.15, 0.2) is 0 Å². The Kier molecular flexibility index (Phi) is 2.53. The summed E-state index contributed by atoms with van der Waals surface area (Å²) in [6, 6.07) is 6.85. The van der Waals surface area contributed by atoms with Gasteiger partial charge in [-0.15, -0.1) is 0 Å². The van der Waals surface area contributed by atoms with Crippen LogP contribution in [0.3, 0.4) is 0 Å². The molecule has 0 heterocycles. The zero-order valence-corrected chi connectivity index (χ0v) is 9.13. The van der Waals surface area contributed by atoms with Crippen molar-refractivity contribution in [3.8, 4) is 0 Å². The molecule has 0 N–H and O–H groups in total. The average molecular weight is 210 g/mol. The van der Waals surface area contributed by atoms with Gasteiger partial charge >= 0.3 is 0 Å². The fourth-order valence-electron chi connectivity index (χ4n) is 1.79. The first-order chi connectivity index (χ1) is 7.01. The predicted molar refractivity (Wildman–Crippen MR) is 57.1 cm³/mol. The van der Waals surface area contributed by atoms with E-state index in [0.29, 0.717) is 18.8 Å². The second-order valence-electron chi connectivity index (χ2n) is 4.68. The first kappa shape index (κ1) is 10.6. The lowest BCUT2D eigenvalue weighted by atomic mass is 9.96. The van der Waals surface area contributed by atoms with Crippen LogP contribution in [0, 0.1) is 5.92 Å². The Balaban J connectivity index is 2.31. The lowest BCUT2D eigenvalue weighted by Crippen LogP contribution is -2.16. The first-order valence-electron chi connectivity index (χ1n) is 5.50. The molecule has 1 aliphatic carbocycles. The molecule has 0 spiro atoms. The highest BCUT2D eigenvalue weighted by atomic mass is 19.3. The molecule has 0 amide bonds. The summed E-state index contributed by atoms with van der Waals surface area (Å²) in [6.45, 7) is 4.04. The smallest absolute Gasteiger partial charge is 0.201 e. The van der Waals surface area contributed by atoms with Gasteiger partial charge in [0.1, 0.15) is 0 Å². The van der Waals surface area contributed by atoms with Crippen molar-refractivity contribution in [2.24, 2.45) is 5.92 Å². The van der Waals surface area contributed by atoms with Gasteiger partial charge < -0.3 is 0 Å². The van der Waals surface area contributed by atoms with Gasteiger partial charge in [0.25, 0.3) is 5.92 Å². The van der Waals surface area contributed by atoms with Crippen molar-refractivity contribution in [2.45, 2.75) is 38.5 Å². The Labute approximate surface area is 89.3 Å². The van der Waals surface area contributed by atoms with E-state index >= 15 is 0 Å². The van der Waals surface area contributed by atoms with Gasteiger partial charge in [0.05, 0.1) is 0 Å². The minimum atomic E-state index is -2.62. The fraction of sp³-hybridized carbons (Fsp3) is 0.538. The largest absolute Gasteiger partial charge is 0.276 e. The Morgan fingerprint density at radius 1 is 1.27 bits per heavy atom. The predicted octanol–water partition coefficient (Wildman–Crippen LogP) is 4.31. The third kappa shape index (κ3) is 2.04. The van der Waals surface area contributed by atoms with Gasteiger partial charge in [0, 0.05) is 11.5 Å². The summed E-state index contributed by atoms with van der Waals surface area (Å²) in [7, 11) is 0. The Hall–Kier alpha value is -0.920. The van der Waals surface area contributed by atoms with Crippen molar-refractivity contribution in [2.75, 3.05) is 0 Å². The maximum Gasteiger partial charge on any atom is 0.276 e. The summed E-state index contributed by atoms with van der Waals surface area (Å²) < 4.78 is 27.6. The number of rotatable bonds is 3. The van der Waals surface area contributed by atoms with E-state index in [1.807, 2.05) is 19.9 Å². The molecule has 0 unspecified atom stereocenters. The van der Waals surface area contributed by atoms with Gasteiger partial charge in [-0.05, 0) is 30.4 Å². The summed E-state index contributed by atoms with van der Waals surface area (Å²) in [4.78, 5) is 0. The third-order valence-corrected chi connectivity index (χ3v) is 3.03. The second-order valence-corrected chi connectivity index (χ2v) is 4.68. The van der Waals surface area contributed by atoms with Crippen LogP contribution < -0.4 is 0 Å². The molecule has 0 nitrogen and oxygen atoms in total. The van der Waals surface area contributed by atoms with E-state index in [1.54, 1.807) is 18.2 Å². The maximum absolute atomic E-state index is 13.8. The fourth-order valence-corrected chi connectivity index (χ4v) is 1.79. The van der Waals surface area contributed by atoms with Gasteiger partial charge in [-0.25, -0.2) is 8.78 Å². The van der Waals surface area contributed by atoms with Crippen molar-refractivity contribution in [1.82, 2.24) is 0 Å². The molecule has 0 aliphatic heterocycles. The monoisotopic (exact) mass is 210 g/mol. The summed E-state index contributed by atoms with van der Waals surface area (Å²) in [5.74, 6) is -2.73. The van der Waals surface area contributed by atoms with Crippen molar-refractivity contribution in [1.29, 1.82) is 0 Å². The molecule has 1 aromatic rings. The summed E-state index contributed by atoms with van der Waals surface area (Å²) in [6.07, 6.45) is 1.33. The van der Waals surface area contributed by atoms with E-state index in [-0.39, 0.29) is 5.56 Å². The van der Waals surface area contributed by atoms with E-state index in [9.17, 15) is 8.78 Å². The van der Waals surface area contributed by atoms with Crippen molar-refractivity contribution in [3.63, 3.8) is 0 Å². The molecule has 2 heteroatoms. The molecule has 0 atom stereocenters. The van der Waals surface area contributed by atoms with Crippen LogP contribution in [0.25, 0.3) is 0 Å². The van der Waals surface area contributed by atoms with Crippen LogP contribution in [-0.4, -0.2) is 0 Å². The molecule has 0 radical (unpaired) electrons. The van der Waals surface area contributed by atoms with Crippen molar-refractivity contribution < 1.29 is 8.78 Å². The highest BCUT2D eigenvalue weighted by molar-refractivity contribution is 5.29. The number of halogens is 2. The molecule has 1 saturated carbocycles.